The molecule has 0 aliphatic heterocycles. The molecule has 12 heteroatoms. The first-order chi connectivity index (χ1) is 19.5. The second kappa shape index (κ2) is 14.8. The molecule has 8 nitrogen and oxygen atoms in total. The van der Waals surface area contributed by atoms with E-state index in [9.17, 15) is 18.0 Å². The van der Waals surface area contributed by atoms with E-state index in [1.54, 1.807) is 43.3 Å². The van der Waals surface area contributed by atoms with Crippen molar-refractivity contribution >= 4 is 62.3 Å². The van der Waals surface area contributed by atoms with Crippen molar-refractivity contribution in [2.45, 2.75) is 44.2 Å². The number of unbranched alkanes of at least 4 members (excludes halogenated alkanes) is 1. The molecule has 0 saturated carbocycles. The normalized spacial score (nSPS) is 12.0. The topological polar surface area (TPSA) is 96.0 Å². The average molecular weight is 641 g/mol. The van der Waals surface area contributed by atoms with E-state index in [4.69, 9.17) is 39.5 Å². The molecule has 3 aromatic carbocycles. The van der Waals surface area contributed by atoms with Gasteiger partial charge in [0.15, 0.2) is 0 Å². The number of nitrogens with one attached hydrogen (secondary N) is 1. The molecule has 0 radical (unpaired) electrons. The molecule has 41 heavy (non-hydrogen) atoms. The Bertz CT molecular complexity index is 1470. The van der Waals surface area contributed by atoms with Crippen LogP contribution >= 0.6 is 34.8 Å². The minimum atomic E-state index is -4.28. The number of ether oxygens (including phenoxy) is 1. The first kappa shape index (κ1) is 32.5. The molecular formula is C29H32Cl3N3O5S. The summed E-state index contributed by atoms with van der Waals surface area (Å²) < 4.78 is 34.3. The van der Waals surface area contributed by atoms with Gasteiger partial charge in [-0.3, -0.25) is 13.9 Å². The number of carbonyl (C=O) groups is 2. The van der Waals surface area contributed by atoms with E-state index in [0.29, 0.717) is 22.2 Å². The number of hydrogen-bond acceptors (Lipinski definition) is 5. The van der Waals surface area contributed by atoms with Crippen molar-refractivity contribution in [1.29, 1.82) is 0 Å². The summed E-state index contributed by atoms with van der Waals surface area (Å²) in [4.78, 5) is 28.4. The lowest BCUT2D eigenvalue weighted by atomic mass is 10.1. The fourth-order valence-electron chi connectivity index (χ4n) is 4.04. The lowest BCUT2D eigenvalue weighted by Gasteiger charge is -2.32. The van der Waals surface area contributed by atoms with Crippen LogP contribution in [0.3, 0.4) is 0 Å². The Kier molecular flexibility index (Phi) is 11.7. The second-order valence-electron chi connectivity index (χ2n) is 9.22. The van der Waals surface area contributed by atoms with Crippen molar-refractivity contribution in [3.8, 4) is 5.75 Å². The molecule has 3 rings (SSSR count). The highest BCUT2D eigenvalue weighted by Gasteiger charge is 2.34. The highest BCUT2D eigenvalue weighted by molar-refractivity contribution is 7.92. The van der Waals surface area contributed by atoms with Crippen molar-refractivity contribution in [1.82, 2.24) is 10.2 Å². The van der Waals surface area contributed by atoms with Crippen LogP contribution < -0.4 is 14.4 Å². The maximum absolute atomic E-state index is 14.0. The Labute approximate surface area is 256 Å². The van der Waals surface area contributed by atoms with Gasteiger partial charge in [0.2, 0.25) is 11.8 Å². The predicted molar refractivity (Wildman–Crippen MR) is 163 cm³/mol. The van der Waals surface area contributed by atoms with Crippen molar-refractivity contribution < 1.29 is 22.7 Å². The van der Waals surface area contributed by atoms with Crippen LogP contribution in [0.1, 0.15) is 32.3 Å². The molecule has 0 aliphatic carbocycles. The van der Waals surface area contributed by atoms with E-state index < -0.39 is 28.5 Å². The van der Waals surface area contributed by atoms with Gasteiger partial charge in [-0.15, -0.1) is 0 Å². The summed E-state index contributed by atoms with van der Waals surface area (Å²) in [7, 11) is -2.89. The van der Waals surface area contributed by atoms with Crippen LogP contribution in [0.4, 0.5) is 5.69 Å². The lowest BCUT2D eigenvalue weighted by molar-refractivity contribution is -0.139. The van der Waals surface area contributed by atoms with Gasteiger partial charge in [-0.1, -0.05) is 72.4 Å². The Morgan fingerprint density at radius 1 is 0.976 bits per heavy atom. The van der Waals surface area contributed by atoms with Crippen molar-refractivity contribution in [3.05, 3.63) is 87.4 Å². The summed E-state index contributed by atoms with van der Waals surface area (Å²) in [5, 5.41) is 3.80. The standard InChI is InChI=1S/C29H32Cl3N3O5S/c1-4-5-15-33-29(37)20(2)34(18-21-11-12-22(30)16-25(21)32)28(36)19-35(26-17-23(31)13-14-27(26)40-3)41(38,39)24-9-7-6-8-10-24/h6-14,16-17,20H,4-5,15,18-19H2,1-3H3,(H,33,37)/t20-/m1/s1. The van der Waals surface area contributed by atoms with Crippen molar-refractivity contribution in [2.24, 2.45) is 0 Å². The number of sulfonamides is 1. The summed E-state index contributed by atoms with van der Waals surface area (Å²) in [5.74, 6) is -0.829. The van der Waals surface area contributed by atoms with Gasteiger partial charge < -0.3 is 15.0 Å². The van der Waals surface area contributed by atoms with Crippen molar-refractivity contribution in [3.63, 3.8) is 0 Å². The van der Waals surface area contributed by atoms with Gasteiger partial charge >= 0.3 is 0 Å². The van der Waals surface area contributed by atoms with Crippen LogP contribution in [-0.4, -0.2) is 51.4 Å². The molecule has 2 amide bonds. The van der Waals surface area contributed by atoms with E-state index in [-0.39, 0.29) is 33.8 Å². The lowest BCUT2D eigenvalue weighted by Crippen LogP contribution is -2.51. The third kappa shape index (κ3) is 8.29. The summed E-state index contributed by atoms with van der Waals surface area (Å²) in [6, 6.07) is 16.1. The summed E-state index contributed by atoms with van der Waals surface area (Å²) in [5.41, 5.74) is 0.608. The molecule has 0 aliphatic rings. The Morgan fingerprint density at radius 3 is 2.27 bits per heavy atom. The van der Waals surface area contributed by atoms with Crippen LogP contribution in [0.2, 0.25) is 15.1 Å². The number of benzene rings is 3. The monoisotopic (exact) mass is 639 g/mol. The van der Waals surface area contributed by atoms with Crippen LogP contribution in [0.5, 0.6) is 5.75 Å². The fraction of sp³-hybridized carbons (Fsp3) is 0.310. The Balaban J connectivity index is 2.08. The zero-order valence-corrected chi connectivity index (χ0v) is 26.0. The highest BCUT2D eigenvalue weighted by atomic mass is 35.5. The molecule has 1 atom stereocenters. The van der Waals surface area contributed by atoms with E-state index in [0.717, 1.165) is 17.1 Å². The maximum Gasteiger partial charge on any atom is 0.264 e. The largest absolute Gasteiger partial charge is 0.495 e. The molecule has 1 N–H and O–H groups in total. The minimum absolute atomic E-state index is 0.0347. The summed E-state index contributed by atoms with van der Waals surface area (Å²) in [6.45, 7) is 3.31. The number of nitrogens with zero attached hydrogens (tertiary/aromatic N) is 2. The zero-order chi connectivity index (χ0) is 30.2. The molecule has 0 aromatic heterocycles. The number of amides is 2. The predicted octanol–water partition coefficient (Wildman–Crippen LogP) is 6.18. The highest BCUT2D eigenvalue weighted by Crippen LogP contribution is 2.35. The second-order valence-corrected chi connectivity index (χ2v) is 12.4. The van der Waals surface area contributed by atoms with Gasteiger partial charge in [0.05, 0.1) is 17.7 Å². The van der Waals surface area contributed by atoms with Gasteiger partial charge in [0, 0.05) is 28.2 Å². The first-order valence-electron chi connectivity index (χ1n) is 12.9. The Morgan fingerprint density at radius 2 is 1.63 bits per heavy atom. The summed E-state index contributed by atoms with van der Waals surface area (Å²) >= 11 is 18.7. The van der Waals surface area contributed by atoms with Gasteiger partial charge in [0.25, 0.3) is 10.0 Å². The third-order valence-corrected chi connectivity index (χ3v) is 8.97. The van der Waals surface area contributed by atoms with Gasteiger partial charge in [-0.05, 0) is 61.4 Å². The van der Waals surface area contributed by atoms with Crippen LogP contribution in [0.25, 0.3) is 0 Å². The molecule has 0 unspecified atom stereocenters. The van der Waals surface area contributed by atoms with E-state index in [1.807, 2.05) is 6.92 Å². The molecule has 0 heterocycles. The number of carbonyl (C=O) groups excluding carboxylic acids is 2. The van der Waals surface area contributed by atoms with E-state index in [2.05, 4.69) is 5.32 Å². The maximum atomic E-state index is 14.0. The zero-order valence-electron chi connectivity index (χ0n) is 22.9. The van der Waals surface area contributed by atoms with E-state index >= 15 is 0 Å². The quantitative estimate of drug-likeness (QED) is 0.225. The van der Waals surface area contributed by atoms with Crippen LogP contribution in [0, 0.1) is 0 Å². The molecule has 0 spiro atoms. The minimum Gasteiger partial charge on any atom is -0.495 e. The number of hydrogen-bond donors (Lipinski definition) is 1. The molecular weight excluding hydrogens is 609 g/mol. The number of rotatable bonds is 13. The molecule has 0 saturated heterocycles. The number of methoxy groups -OCH3 is 1. The van der Waals surface area contributed by atoms with Gasteiger partial charge in [0.1, 0.15) is 18.3 Å². The van der Waals surface area contributed by atoms with Gasteiger partial charge in [-0.2, -0.15) is 0 Å². The number of anilines is 1. The fourth-order valence-corrected chi connectivity index (χ4v) is 6.12. The molecule has 0 fully saturated rings. The summed E-state index contributed by atoms with van der Waals surface area (Å²) in [6.07, 6.45) is 1.65. The molecule has 0 bridgehead atoms. The van der Waals surface area contributed by atoms with Gasteiger partial charge in [-0.25, -0.2) is 8.42 Å². The third-order valence-electron chi connectivity index (χ3n) is 6.37. The average Bonchev–Trinajstić information content (AvgIpc) is 2.95. The smallest absolute Gasteiger partial charge is 0.264 e. The molecule has 3 aromatic rings. The van der Waals surface area contributed by atoms with E-state index in [1.165, 1.54) is 42.3 Å². The van der Waals surface area contributed by atoms with Crippen molar-refractivity contribution in [2.75, 3.05) is 24.5 Å². The van der Waals surface area contributed by atoms with Crippen LogP contribution in [-0.2, 0) is 26.2 Å². The van der Waals surface area contributed by atoms with Crippen LogP contribution in [0.15, 0.2) is 71.6 Å². The molecule has 220 valence electrons. The first-order valence-corrected chi connectivity index (χ1v) is 15.5. The SMILES string of the molecule is CCCCNC(=O)[C@@H](C)N(Cc1ccc(Cl)cc1Cl)C(=O)CN(c1cc(Cl)ccc1OC)S(=O)(=O)c1ccccc1. The number of halogens is 3. The Hall–Kier alpha value is -2.98.